The summed E-state index contributed by atoms with van der Waals surface area (Å²) in [5, 5.41) is 0. The average Bonchev–Trinajstić information content (AvgIpc) is 3.06. The molecule has 8 rings (SSSR count). The summed E-state index contributed by atoms with van der Waals surface area (Å²) >= 11 is 0. The molecule has 0 unspecified atom stereocenters. The Hall–Kier alpha value is -4.60. The molecule has 0 aromatic heterocycles. The van der Waals surface area contributed by atoms with E-state index in [0.29, 0.717) is 0 Å². The number of hydrogen-bond acceptors (Lipinski definition) is 8. The van der Waals surface area contributed by atoms with Crippen molar-refractivity contribution >= 4 is 24.3 Å². The normalized spacial score (nSPS) is 12.0. The lowest BCUT2D eigenvalue weighted by atomic mass is 10.2. The van der Waals surface area contributed by atoms with E-state index < -0.39 is 0 Å². The molecule has 0 fully saturated rings. The van der Waals surface area contributed by atoms with Gasteiger partial charge in [-0.1, -0.05) is 72.8 Å². The van der Waals surface area contributed by atoms with Crippen LogP contribution in [0.25, 0.3) is 24.3 Å². The Morgan fingerprint density at radius 2 is 0.477 bits per heavy atom. The van der Waals surface area contributed by atoms with Gasteiger partial charge in [-0.25, -0.2) is 0 Å². The first kappa shape index (κ1) is 37.4. The monoisotopic (exact) mass is 676 g/mol. The van der Waals surface area contributed by atoms with Gasteiger partial charge in [0.25, 0.3) is 0 Å². The third-order valence-electron chi connectivity index (χ3n) is 5.44. The first-order valence-electron chi connectivity index (χ1n) is 12.2. The molecular formula is C32H24Cl4O8-4. The van der Waals surface area contributed by atoms with Crippen LogP contribution in [0.1, 0.15) is 22.3 Å². The molecule has 4 heterocycles. The lowest BCUT2D eigenvalue weighted by Gasteiger charge is -2.08. The zero-order valence-corrected chi connectivity index (χ0v) is 25.7. The lowest BCUT2D eigenvalue weighted by molar-refractivity contribution is -0.151. The van der Waals surface area contributed by atoms with Gasteiger partial charge in [-0.15, -0.1) is 0 Å². The van der Waals surface area contributed by atoms with Crippen molar-refractivity contribution in [3.63, 3.8) is 0 Å². The summed E-state index contributed by atoms with van der Waals surface area (Å²) in [5.41, 5.74) is 4.20. The first-order chi connectivity index (χ1) is 19.9. The van der Waals surface area contributed by atoms with Crippen LogP contribution in [0.4, 0.5) is 0 Å². The molecular weight excluding hydrogens is 654 g/mol. The van der Waals surface area contributed by atoms with E-state index in [1.165, 1.54) is 25.0 Å². The minimum absolute atomic E-state index is 0. The van der Waals surface area contributed by atoms with Gasteiger partial charge in [0, 0.05) is 22.3 Å². The van der Waals surface area contributed by atoms with Gasteiger partial charge < -0.3 is 49.6 Å². The van der Waals surface area contributed by atoms with E-state index >= 15 is 0 Å². The Morgan fingerprint density at radius 3 is 0.682 bits per heavy atom. The van der Waals surface area contributed by atoms with E-state index in [9.17, 15) is 0 Å². The van der Waals surface area contributed by atoms with Crippen LogP contribution >= 0.6 is 0 Å². The summed E-state index contributed by atoms with van der Waals surface area (Å²) in [7, 11) is 0. The van der Waals surface area contributed by atoms with Gasteiger partial charge in [-0.2, -0.15) is 0 Å². The highest BCUT2D eigenvalue weighted by Gasteiger charge is 2.06. The maximum absolute atomic E-state index is 4.84. The number of benzene rings is 4. The van der Waals surface area contributed by atoms with Gasteiger partial charge >= 0.3 is 0 Å². The van der Waals surface area contributed by atoms with Crippen molar-refractivity contribution in [2.24, 2.45) is 0 Å². The molecule has 8 nitrogen and oxygen atoms in total. The Morgan fingerprint density at radius 1 is 0.273 bits per heavy atom. The molecule has 0 radical (unpaired) electrons. The number of para-hydroxylation sites is 4. The van der Waals surface area contributed by atoms with Crippen LogP contribution in [0.15, 0.2) is 122 Å². The smallest absolute Gasteiger partial charge is 0.185 e. The van der Waals surface area contributed by atoms with E-state index in [-0.39, 0.29) is 49.6 Å². The van der Waals surface area contributed by atoms with E-state index in [1.807, 2.05) is 121 Å². The number of hydrogen-bond donors (Lipinski definition) is 0. The number of rotatable bonds is 0. The highest BCUT2D eigenvalue weighted by Crippen LogP contribution is 2.25. The fourth-order valence-electron chi connectivity index (χ4n) is 3.50. The van der Waals surface area contributed by atoms with Crippen LogP contribution < -0.4 is 69.2 Å². The molecule has 0 atom stereocenters. The summed E-state index contributed by atoms with van der Waals surface area (Å²) < 4.78 is 0. The SMILES string of the molecule is C1=Cc2ccccc2OO1.C1=Cc2ccccc2OO1.C1=Cc2ccccc2OO1.C1=Cc2ccccc2OO1.[Cl-].[Cl-].[Cl-].[Cl-]. The van der Waals surface area contributed by atoms with Crippen LogP contribution in [0.2, 0.25) is 0 Å². The third-order valence-corrected chi connectivity index (χ3v) is 5.44. The topological polar surface area (TPSA) is 73.8 Å². The van der Waals surface area contributed by atoms with Crippen molar-refractivity contribution in [1.82, 2.24) is 0 Å². The molecule has 0 aliphatic carbocycles. The molecule has 4 aromatic rings. The van der Waals surface area contributed by atoms with E-state index in [1.54, 1.807) is 0 Å². The van der Waals surface area contributed by atoms with Crippen molar-refractivity contribution in [1.29, 1.82) is 0 Å². The largest absolute Gasteiger partial charge is 1.00 e. The maximum Gasteiger partial charge on any atom is 0.185 e. The summed E-state index contributed by atoms with van der Waals surface area (Å²) in [5.74, 6) is 3.07. The van der Waals surface area contributed by atoms with Gasteiger partial charge in [0.15, 0.2) is 23.0 Å². The van der Waals surface area contributed by atoms with E-state index in [4.69, 9.17) is 19.6 Å². The first-order valence-corrected chi connectivity index (χ1v) is 12.2. The van der Waals surface area contributed by atoms with Gasteiger partial charge in [-0.3, -0.25) is 39.1 Å². The molecule has 0 spiro atoms. The standard InChI is InChI=1S/4C8H6O2.4ClH/c4*1-2-4-8-7(3-1)5-6-9-10-8;;;;/h4*1-6H;4*1H/p-4. The lowest BCUT2D eigenvalue weighted by Crippen LogP contribution is -3.00. The number of fused-ring (bicyclic) bond motifs is 4. The molecule has 0 N–H and O–H groups in total. The van der Waals surface area contributed by atoms with Crippen molar-refractivity contribution in [2.45, 2.75) is 0 Å². The van der Waals surface area contributed by atoms with Crippen LogP contribution in [0, 0.1) is 0 Å². The molecule has 4 aliphatic rings. The molecule has 44 heavy (non-hydrogen) atoms. The van der Waals surface area contributed by atoms with Crippen LogP contribution in [0.5, 0.6) is 23.0 Å². The highest BCUT2D eigenvalue weighted by atomic mass is 35.5. The maximum atomic E-state index is 4.84. The van der Waals surface area contributed by atoms with Crippen molar-refractivity contribution in [3.8, 4) is 23.0 Å². The van der Waals surface area contributed by atoms with Crippen LogP contribution in [0.3, 0.4) is 0 Å². The Bertz CT molecular complexity index is 1310. The Labute approximate surface area is 279 Å². The molecule has 0 saturated carbocycles. The molecule has 0 saturated heterocycles. The Balaban J connectivity index is 0.000000285. The minimum atomic E-state index is 0. The van der Waals surface area contributed by atoms with Crippen molar-refractivity contribution in [2.75, 3.05) is 0 Å². The van der Waals surface area contributed by atoms with Crippen LogP contribution in [-0.2, 0) is 19.6 Å². The van der Waals surface area contributed by atoms with Gasteiger partial charge in [0.05, 0.1) is 0 Å². The van der Waals surface area contributed by atoms with Gasteiger partial charge in [-0.05, 0) is 48.6 Å². The van der Waals surface area contributed by atoms with Gasteiger partial charge in [0.1, 0.15) is 25.0 Å². The predicted molar refractivity (Wildman–Crippen MR) is 149 cm³/mol. The van der Waals surface area contributed by atoms with Crippen molar-refractivity contribution in [3.05, 3.63) is 144 Å². The summed E-state index contributed by atoms with van der Waals surface area (Å²) in [6.45, 7) is 0. The molecule has 0 amide bonds. The van der Waals surface area contributed by atoms with Gasteiger partial charge in [0.2, 0.25) is 0 Å². The second-order valence-electron chi connectivity index (χ2n) is 8.08. The second kappa shape index (κ2) is 20.3. The summed E-state index contributed by atoms with van der Waals surface area (Å²) in [6.07, 6.45) is 13.5. The summed E-state index contributed by atoms with van der Waals surface area (Å²) in [6, 6.07) is 30.7. The zero-order valence-electron chi connectivity index (χ0n) is 22.6. The zero-order chi connectivity index (χ0) is 27.2. The quantitative estimate of drug-likeness (QED) is 0.174. The number of halogens is 4. The van der Waals surface area contributed by atoms with E-state index in [2.05, 4.69) is 19.6 Å². The molecule has 4 aromatic carbocycles. The molecule has 4 aliphatic heterocycles. The molecule has 0 bridgehead atoms. The minimum Gasteiger partial charge on any atom is -1.00 e. The second-order valence-corrected chi connectivity index (χ2v) is 8.08. The fourth-order valence-corrected chi connectivity index (χ4v) is 3.50. The Kier molecular flexibility index (Phi) is 17.3. The fraction of sp³-hybridized carbons (Fsp3) is 0. The summed E-state index contributed by atoms with van der Waals surface area (Å²) in [4.78, 5) is 37.8. The predicted octanol–water partition coefficient (Wildman–Crippen LogP) is -4.06. The van der Waals surface area contributed by atoms with Crippen molar-refractivity contribution < 1.29 is 88.7 Å². The van der Waals surface area contributed by atoms with Crippen LogP contribution in [-0.4, -0.2) is 0 Å². The molecule has 232 valence electrons. The average molecular weight is 678 g/mol. The van der Waals surface area contributed by atoms with E-state index in [0.717, 1.165) is 45.3 Å². The molecule has 12 heteroatoms. The highest BCUT2D eigenvalue weighted by molar-refractivity contribution is 5.59. The third kappa shape index (κ3) is 10.9.